The van der Waals surface area contributed by atoms with Crippen LogP contribution in [0.2, 0.25) is 0 Å². The first-order valence-electron chi connectivity index (χ1n) is 7.91. The highest BCUT2D eigenvalue weighted by Crippen LogP contribution is 2.25. The van der Waals surface area contributed by atoms with Gasteiger partial charge in [0, 0.05) is 23.0 Å². The molecule has 1 aromatic heterocycles. The van der Waals surface area contributed by atoms with E-state index >= 15 is 0 Å². The largest absolute Gasteiger partial charge is 0.310 e. The zero-order valence-electron chi connectivity index (χ0n) is 13.6. The molecular formula is C16H29N3S. The van der Waals surface area contributed by atoms with Gasteiger partial charge >= 0.3 is 0 Å². The van der Waals surface area contributed by atoms with Crippen LogP contribution in [0, 0.1) is 13.8 Å². The van der Waals surface area contributed by atoms with Crippen LogP contribution in [0.4, 0.5) is 0 Å². The summed E-state index contributed by atoms with van der Waals surface area (Å²) < 4.78 is 0. The van der Waals surface area contributed by atoms with Crippen LogP contribution in [0.1, 0.15) is 55.6 Å². The summed E-state index contributed by atoms with van der Waals surface area (Å²) in [5, 5.41) is 5.07. The maximum Gasteiger partial charge on any atom is 0.107 e. The van der Waals surface area contributed by atoms with Gasteiger partial charge in [-0.1, -0.05) is 13.8 Å². The Bertz CT molecular complexity index is 417. The second kappa shape index (κ2) is 6.54. The molecule has 3 nitrogen and oxygen atoms in total. The highest BCUT2D eigenvalue weighted by Gasteiger charge is 2.33. The second-order valence-corrected chi connectivity index (χ2v) is 7.49. The first kappa shape index (κ1) is 15.9. The van der Waals surface area contributed by atoms with Crippen molar-refractivity contribution in [3.63, 3.8) is 0 Å². The Hall–Kier alpha value is -0.450. The average molecular weight is 295 g/mol. The molecule has 2 rings (SSSR count). The second-order valence-electron chi connectivity index (χ2n) is 6.21. The van der Waals surface area contributed by atoms with E-state index in [2.05, 4.69) is 44.8 Å². The van der Waals surface area contributed by atoms with Crippen molar-refractivity contribution in [1.82, 2.24) is 15.2 Å². The lowest BCUT2D eigenvalue weighted by Crippen LogP contribution is -2.51. The molecule has 0 bridgehead atoms. The molecule has 0 saturated carbocycles. The fourth-order valence-corrected chi connectivity index (χ4v) is 4.00. The van der Waals surface area contributed by atoms with Gasteiger partial charge in [-0.2, -0.15) is 0 Å². The van der Waals surface area contributed by atoms with Crippen LogP contribution in [0.3, 0.4) is 0 Å². The van der Waals surface area contributed by atoms with Crippen LogP contribution in [0.15, 0.2) is 0 Å². The minimum absolute atomic E-state index is 0.284. The normalized spacial score (nSPS) is 23.8. The predicted octanol–water partition coefficient (Wildman–Crippen LogP) is 3.50. The molecule has 0 spiro atoms. The summed E-state index contributed by atoms with van der Waals surface area (Å²) in [5.41, 5.74) is 1.48. The topological polar surface area (TPSA) is 28.2 Å². The minimum Gasteiger partial charge on any atom is -0.310 e. The predicted molar refractivity (Wildman–Crippen MR) is 87.4 cm³/mol. The van der Waals surface area contributed by atoms with Crippen molar-refractivity contribution >= 4 is 11.3 Å². The van der Waals surface area contributed by atoms with E-state index in [1.807, 2.05) is 11.3 Å². The van der Waals surface area contributed by atoms with Crippen LogP contribution in [0.5, 0.6) is 0 Å². The molecule has 1 aliphatic rings. The Kier molecular flexibility index (Phi) is 5.21. The molecule has 0 amide bonds. The minimum atomic E-state index is 0.284. The molecule has 1 unspecified atom stereocenters. The Morgan fingerprint density at radius 2 is 2.05 bits per heavy atom. The summed E-state index contributed by atoms with van der Waals surface area (Å²) in [6.07, 6.45) is 3.62. The molecule has 0 aromatic carbocycles. The standard InChI is InChI=1S/C16H29N3S/c1-6-16(7-2)11-19(12(3)8-9-17-16)10-15-18-13(4)14(5)20-15/h12,17H,6-11H2,1-5H3. The third-order valence-corrected chi connectivity index (χ3v) is 6.01. The van der Waals surface area contributed by atoms with Crippen molar-refractivity contribution in [2.75, 3.05) is 13.1 Å². The summed E-state index contributed by atoms with van der Waals surface area (Å²) in [6, 6.07) is 0.631. The third-order valence-electron chi connectivity index (χ3n) is 4.96. The molecule has 20 heavy (non-hydrogen) atoms. The Balaban J connectivity index is 2.14. The average Bonchev–Trinajstić information content (AvgIpc) is 2.65. The number of nitrogens with zero attached hydrogens (tertiary/aromatic N) is 2. The summed E-state index contributed by atoms with van der Waals surface area (Å²) in [6.45, 7) is 14.5. The molecule has 1 N–H and O–H groups in total. The van der Waals surface area contributed by atoms with Gasteiger partial charge in [0.2, 0.25) is 0 Å². The lowest BCUT2D eigenvalue weighted by molar-refractivity contribution is 0.152. The number of hydrogen-bond donors (Lipinski definition) is 1. The number of nitrogens with one attached hydrogen (secondary N) is 1. The highest BCUT2D eigenvalue weighted by molar-refractivity contribution is 7.11. The SMILES string of the molecule is CCC1(CC)CN(Cc2nc(C)c(C)s2)C(C)CCN1. The van der Waals surface area contributed by atoms with Crippen molar-refractivity contribution in [1.29, 1.82) is 0 Å². The van der Waals surface area contributed by atoms with Gasteiger partial charge in [-0.25, -0.2) is 4.98 Å². The van der Waals surface area contributed by atoms with Gasteiger partial charge in [-0.3, -0.25) is 4.90 Å². The van der Waals surface area contributed by atoms with Gasteiger partial charge < -0.3 is 5.32 Å². The Morgan fingerprint density at radius 1 is 1.35 bits per heavy atom. The monoisotopic (exact) mass is 295 g/mol. The van der Waals surface area contributed by atoms with E-state index in [9.17, 15) is 0 Å². The molecule has 1 fully saturated rings. The van der Waals surface area contributed by atoms with Gasteiger partial charge in [-0.05, 0) is 46.6 Å². The fourth-order valence-electron chi connectivity index (χ4n) is 3.05. The van der Waals surface area contributed by atoms with Gasteiger partial charge in [0.25, 0.3) is 0 Å². The van der Waals surface area contributed by atoms with Gasteiger partial charge in [-0.15, -0.1) is 11.3 Å². The first-order chi connectivity index (χ1) is 9.49. The van der Waals surface area contributed by atoms with E-state index in [0.717, 1.165) is 19.6 Å². The smallest absolute Gasteiger partial charge is 0.107 e. The zero-order valence-corrected chi connectivity index (χ0v) is 14.4. The molecule has 0 aliphatic carbocycles. The molecule has 1 aromatic rings. The number of hydrogen-bond acceptors (Lipinski definition) is 4. The maximum atomic E-state index is 4.73. The van der Waals surface area contributed by atoms with Crippen molar-refractivity contribution < 1.29 is 0 Å². The van der Waals surface area contributed by atoms with E-state index in [1.54, 1.807) is 0 Å². The first-order valence-corrected chi connectivity index (χ1v) is 8.73. The quantitative estimate of drug-likeness (QED) is 0.921. The summed E-state index contributed by atoms with van der Waals surface area (Å²) in [7, 11) is 0. The lowest BCUT2D eigenvalue weighted by atomic mass is 9.92. The van der Waals surface area contributed by atoms with E-state index in [0.29, 0.717) is 6.04 Å². The molecule has 1 saturated heterocycles. The summed E-state index contributed by atoms with van der Waals surface area (Å²) in [5.74, 6) is 0. The molecule has 4 heteroatoms. The fraction of sp³-hybridized carbons (Fsp3) is 0.812. The number of aryl methyl sites for hydroxylation is 2. The van der Waals surface area contributed by atoms with Crippen LogP contribution in [-0.2, 0) is 6.54 Å². The van der Waals surface area contributed by atoms with Crippen molar-refractivity contribution in [3.05, 3.63) is 15.6 Å². The maximum absolute atomic E-state index is 4.73. The lowest BCUT2D eigenvalue weighted by Gasteiger charge is -2.36. The van der Waals surface area contributed by atoms with Crippen LogP contribution >= 0.6 is 11.3 Å². The molecule has 1 aliphatic heterocycles. The van der Waals surface area contributed by atoms with Gasteiger partial charge in [0.15, 0.2) is 0 Å². The van der Waals surface area contributed by atoms with E-state index < -0.39 is 0 Å². The molecule has 114 valence electrons. The van der Waals surface area contributed by atoms with Crippen molar-refractivity contribution in [3.8, 4) is 0 Å². The number of thiazole rings is 1. The Morgan fingerprint density at radius 3 is 2.60 bits per heavy atom. The summed E-state index contributed by atoms with van der Waals surface area (Å²) in [4.78, 5) is 8.71. The van der Waals surface area contributed by atoms with E-state index in [-0.39, 0.29) is 5.54 Å². The molecule has 1 atom stereocenters. The molecular weight excluding hydrogens is 266 g/mol. The number of rotatable bonds is 4. The van der Waals surface area contributed by atoms with E-state index in [4.69, 9.17) is 4.98 Å². The van der Waals surface area contributed by atoms with Crippen LogP contribution < -0.4 is 5.32 Å². The van der Waals surface area contributed by atoms with Crippen LogP contribution in [0.25, 0.3) is 0 Å². The van der Waals surface area contributed by atoms with Crippen molar-refractivity contribution in [2.45, 2.75) is 72.0 Å². The zero-order chi connectivity index (χ0) is 14.8. The van der Waals surface area contributed by atoms with Gasteiger partial charge in [0.05, 0.1) is 12.2 Å². The molecule has 0 radical (unpaired) electrons. The third kappa shape index (κ3) is 3.41. The van der Waals surface area contributed by atoms with Crippen LogP contribution in [-0.4, -0.2) is 34.6 Å². The Labute approximate surface area is 127 Å². The van der Waals surface area contributed by atoms with E-state index in [1.165, 1.54) is 34.8 Å². The molecule has 2 heterocycles. The van der Waals surface area contributed by atoms with Crippen molar-refractivity contribution in [2.24, 2.45) is 0 Å². The van der Waals surface area contributed by atoms with Gasteiger partial charge in [0.1, 0.15) is 5.01 Å². The highest BCUT2D eigenvalue weighted by atomic mass is 32.1. The summed E-state index contributed by atoms with van der Waals surface area (Å²) >= 11 is 1.86. The number of aromatic nitrogens is 1.